The minimum Gasteiger partial charge on any atom is -0.393 e. The van der Waals surface area contributed by atoms with Crippen molar-refractivity contribution in [3.8, 4) is 0 Å². The summed E-state index contributed by atoms with van der Waals surface area (Å²) in [6, 6.07) is 1.00. The fourth-order valence-electron chi connectivity index (χ4n) is 3.39. The lowest BCUT2D eigenvalue weighted by Crippen LogP contribution is -2.72. The average Bonchev–Trinajstić information content (AvgIpc) is 2.41. The van der Waals surface area contributed by atoms with E-state index < -0.39 is 8.56 Å². The quantitative estimate of drug-likeness (QED) is 0.698. The summed E-state index contributed by atoms with van der Waals surface area (Å²) < 4.78 is 18.7. The van der Waals surface area contributed by atoms with E-state index in [1.54, 1.807) is 0 Å². The van der Waals surface area contributed by atoms with Gasteiger partial charge in [-0.25, -0.2) is 0 Å². The summed E-state index contributed by atoms with van der Waals surface area (Å²) in [5.74, 6) is 0. The number of hydrogen-bond donors (Lipinski definition) is 1. The Kier molecular flexibility index (Phi) is 6.97. The van der Waals surface area contributed by atoms with Crippen LogP contribution in [0.1, 0.15) is 53.4 Å². The van der Waals surface area contributed by atoms with Crippen LogP contribution in [0.2, 0.25) is 6.04 Å². The van der Waals surface area contributed by atoms with Crippen LogP contribution in [0, 0.1) is 0 Å². The Morgan fingerprint density at radius 2 is 1.68 bits per heavy atom. The Hall–Kier alpha value is 0.0569. The van der Waals surface area contributed by atoms with Crippen LogP contribution in [-0.2, 0) is 13.6 Å². The molecule has 114 valence electrons. The lowest BCUT2D eigenvalue weighted by Gasteiger charge is -2.52. The maximum Gasteiger partial charge on any atom is 0.372 e. The molecule has 1 rings (SSSR count). The van der Waals surface area contributed by atoms with E-state index >= 15 is 0 Å². The van der Waals surface area contributed by atoms with E-state index in [-0.39, 0.29) is 11.3 Å². The predicted molar refractivity (Wildman–Crippen MR) is 80.3 cm³/mol. The molecule has 0 aliphatic carbocycles. The van der Waals surface area contributed by atoms with E-state index in [4.69, 9.17) is 19.3 Å². The fraction of sp³-hybridized carbons (Fsp3) is 1.00. The van der Waals surface area contributed by atoms with Gasteiger partial charge in [-0.1, -0.05) is 19.8 Å². The summed E-state index contributed by atoms with van der Waals surface area (Å²) in [4.78, 5) is 0. The summed E-state index contributed by atoms with van der Waals surface area (Å²) in [6.07, 6.45) is 4.19. The van der Waals surface area contributed by atoms with Gasteiger partial charge in [0.15, 0.2) is 0 Å². The van der Waals surface area contributed by atoms with E-state index in [1.807, 2.05) is 20.8 Å². The molecule has 0 radical (unpaired) electrons. The first-order valence-electron chi connectivity index (χ1n) is 7.79. The van der Waals surface area contributed by atoms with E-state index in [2.05, 4.69) is 6.92 Å². The zero-order chi connectivity index (χ0) is 14.4. The first-order chi connectivity index (χ1) is 9.12. The van der Waals surface area contributed by atoms with E-state index in [9.17, 15) is 0 Å². The Labute approximate surface area is 119 Å². The smallest absolute Gasteiger partial charge is 0.372 e. The van der Waals surface area contributed by atoms with Crippen molar-refractivity contribution in [1.82, 2.24) is 0 Å². The highest BCUT2D eigenvalue weighted by Crippen LogP contribution is 2.43. The summed E-state index contributed by atoms with van der Waals surface area (Å²) in [7, 11) is -2.41. The van der Waals surface area contributed by atoms with Crippen LogP contribution in [0.4, 0.5) is 0 Å². The van der Waals surface area contributed by atoms with Gasteiger partial charge < -0.3 is 19.3 Å². The minimum atomic E-state index is -2.41. The van der Waals surface area contributed by atoms with E-state index in [0.29, 0.717) is 19.8 Å². The van der Waals surface area contributed by atoms with Gasteiger partial charge in [-0.05, 0) is 39.7 Å². The standard InChI is InChI=1S/C14H31NO3Si/c1-5-13(15)14(16-6-2)11-9-10-12-19(14,17-7-3)18-8-4/h13H,5-12,15H2,1-4H3. The largest absolute Gasteiger partial charge is 0.393 e. The van der Waals surface area contributed by atoms with Gasteiger partial charge >= 0.3 is 8.56 Å². The second-order valence-corrected chi connectivity index (χ2v) is 8.59. The van der Waals surface area contributed by atoms with Gasteiger partial charge in [0.05, 0.1) is 0 Å². The van der Waals surface area contributed by atoms with Crippen LogP contribution in [0.5, 0.6) is 0 Å². The molecule has 1 saturated heterocycles. The molecule has 0 saturated carbocycles. The van der Waals surface area contributed by atoms with Crippen molar-refractivity contribution in [3.63, 3.8) is 0 Å². The van der Waals surface area contributed by atoms with Crippen LogP contribution in [0.25, 0.3) is 0 Å². The monoisotopic (exact) mass is 289 g/mol. The highest BCUT2D eigenvalue weighted by Gasteiger charge is 2.62. The van der Waals surface area contributed by atoms with Crippen molar-refractivity contribution in [2.24, 2.45) is 5.73 Å². The van der Waals surface area contributed by atoms with Crippen molar-refractivity contribution < 1.29 is 13.6 Å². The second kappa shape index (κ2) is 7.74. The van der Waals surface area contributed by atoms with E-state index in [0.717, 1.165) is 31.7 Å². The SMILES string of the molecule is CCOC1(C(N)CC)CCCC[Si]1(OCC)OCC. The number of rotatable bonds is 8. The number of nitrogens with two attached hydrogens (primary N) is 1. The first-order valence-corrected chi connectivity index (χ1v) is 9.82. The molecule has 2 atom stereocenters. The molecule has 4 nitrogen and oxygen atoms in total. The normalized spacial score (nSPS) is 28.3. The van der Waals surface area contributed by atoms with Gasteiger partial charge in [0.25, 0.3) is 0 Å². The third kappa shape index (κ3) is 3.21. The Bertz CT molecular complexity index is 250. The molecule has 0 bridgehead atoms. The molecule has 0 spiro atoms. The molecule has 2 N–H and O–H groups in total. The molecule has 0 aromatic rings. The molecular weight excluding hydrogens is 258 g/mol. The zero-order valence-electron chi connectivity index (χ0n) is 13.0. The third-order valence-electron chi connectivity index (χ3n) is 4.14. The summed E-state index contributed by atoms with van der Waals surface area (Å²) >= 11 is 0. The molecule has 5 heteroatoms. The predicted octanol–water partition coefficient (Wildman–Crippen LogP) is 2.74. The molecule has 0 aromatic heterocycles. The maximum absolute atomic E-state index is 6.45. The molecular formula is C14H31NO3Si. The topological polar surface area (TPSA) is 53.7 Å². The Balaban J connectivity index is 3.16. The van der Waals surface area contributed by atoms with Gasteiger partial charge in [0.1, 0.15) is 5.22 Å². The minimum absolute atomic E-state index is 0.00230. The van der Waals surface area contributed by atoms with Gasteiger partial charge in [0.2, 0.25) is 0 Å². The van der Waals surface area contributed by atoms with Crippen LogP contribution in [0.15, 0.2) is 0 Å². The highest BCUT2D eigenvalue weighted by atomic mass is 28.4. The zero-order valence-corrected chi connectivity index (χ0v) is 14.0. The molecule has 0 aromatic carbocycles. The van der Waals surface area contributed by atoms with Crippen molar-refractivity contribution >= 4 is 8.56 Å². The molecule has 0 amide bonds. The van der Waals surface area contributed by atoms with Crippen LogP contribution < -0.4 is 5.73 Å². The fourth-order valence-corrected chi connectivity index (χ4v) is 8.01. The summed E-state index contributed by atoms with van der Waals surface area (Å²) in [5, 5.41) is -0.374. The Morgan fingerprint density at radius 1 is 1.05 bits per heavy atom. The van der Waals surface area contributed by atoms with Gasteiger partial charge in [-0.15, -0.1) is 0 Å². The molecule has 1 aliphatic heterocycles. The van der Waals surface area contributed by atoms with Crippen molar-refractivity contribution in [3.05, 3.63) is 0 Å². The van der Waals surface area contributed by atoms with Gasteiger partial charge in [0, 0.05) is 25.9 Å². The van der Waals surface area contributed by atoms with Gasteiger partial charge in [-0.2, -0.15) is 0 Å². The first kappa shape index (κ1) is 17.1. The molecule has 1 aliphatic rings. The van der Waals surface area contributed by atoms with Crippen molar-refractivity contribution in [1.29, 1.82) is 0 Å². The lowest BCUT2D eigenvalue weighted by atomic mass is 10.0. The van der Waals surface area contributed by atoms with Crippen LogP contribution in [0.3, 0.4) is 0 Å². The number of hydrogen-bond acceptors (Lipinski definition) is 4. The van der Waals surface area contributed by atoms with Crippen LogP contribution >= 0.6 is 0 Å². The summed E-state index contributed by atoms with van der Waals surface area (Å²) in [6.45, 7) is 10.3. The highest BCUT2D eigenvalue weighted by molar-refractivity contribution is 6.71. The van der Waals surface area contributed by atoms with Gasteiger partial charge in [-0.3, -0.25) is 0 Å². The average molecular weight is 289 g/mol. The lowest BCUT2D eigenvalue weighted by molar-refractivity contribution is -0.0563. The maximum atomic E-state index is 6.45. The van der Waals surface area contributed by atoms with Crippen molar-refractivity contribution in [2.75, 3.05) is 19.8 Å². The van der Waals surface area contributed by atoms with E-state index in [1.165, 1.54) is 0 Å². The molecule has 1 fully saturated rings. The van der Waals surface area contributed by atoms with Crippen molar-refractivity contribution in [2.45, 2.75) is 70.7 Å². The number of ether oxygens (including phenoxy) is 1. The summed E-state index contributed by atoms with van der Waals surface area (Å²) in [5.41, 5.74) is 6.45. The van der Waals surface area contributed by atoms with Crippen LogP contribution in [-0.4, -0.2) is 39.6 Å². The second-order valence-electron chi connectivity index (χ2n) is 5.16. The Morgan fingerprint density at radius 3 is 2.16 bits per heavy atom. The molecule has 2 unspecified atom stereocenters. The molecule has 1 heterocycles. The third-order valence-corrected chi connectivity index (χ3v) is 8.72. The molecule has 19 heavy (non-hydrogen) atoms.